The molecule has 3 unspecified atom stereocenters. The van der Waals surface area contributed by atoms with Gasteiger partial charge in [-0.1, -0.05) is 159 Å². The average molecular weight is 797 g/mol. The molecular weight excluding hydrogens is 745 g/mol. The second kappa shape index (κ2) is 18.6. The summed E-state index contributed by atoms with van der Waals surface area (Å²) < 4.78 is 12.1. The zero-order valence-electron chi connectivity index (χ0n) is 34.4. The summed E-state index contributed by atoms with van der Waals surface area (Å²) in [5, 5.41) is 6.49. The van der Waals surface area contributed by atoms with Gasteiger partial charge in [0.15, 0.2) is 5.78 Å². The van der Waals surface area contributed by atoms with Crippen LogP contribution in [0.25, 0.3) is 11.1 Å². The van der Waals surface area contributed by atoms with Gasteiger partial charge >= 0.3 is 6.09 Å². The number of fused-ring (bicyclic) bond motifs is 5. The van der Waals surface area contributed by atoms with Crippen molar-refractivity contribution in [1.82, 2.24) is 10.6 Å². The Morgan fingerprint density at radius 1 is 0.683 bits per heavy atom. The molecule has 7 heteroatoms. The molecule has 0 aliphatic heterocycles. The number of amides is 2. The van der Waals surface area contributed by atoms with E-state index in [0.717, 1.165) is 75.8 Å². The van der Waals surface area contributed by atoms with E-state index in [1.165, 1.54) is 11.1 Å². The third-order valence-electron chi connectivity index (χ3n) is 12.0. The van der Waals surface area contributed by atoms with Crippen molar-refractivity contribution < 1.29 is 23.9 Å². The van der Waals surface area contributed by atoms with Crippen LogP contribution < -0.4 is 15.4 Å². The predicted molar refractivity (Wildman–Crippen MR) is 236 cm³/mol. The smallest absolute Gasteiger partial charge is 0.407 e. The normalized spacial score (nSPS) is 14.9. The minimum absolute atomic E-state index is 0.0412. The van der Waals surface area contributed by atoms with Gasteiger partial charge in [0.25, 0.3) is 0 Å². The Morgan fingerprint density at radius 2 is 1.30 bits per heavy atom. The Hall–Kier alpha value is -6.47. The fourth-order valence-corrected chi connectivity index (χ4v) is 8.86. The molecule has 2 amide bonds. The highest BCUT2D eigenvalue weighted by atomic mass is 16.5. The maximum absolute atomic E-state index is 13.9. The summed E-state index contributed by atoms with van der Waals surface area (Å²) in [7, 11) is 0. The number of aryl methyl sites for hydroxylation is 3. The van der Waals surface area contributed by atoms with Gasteiger partial charge in [0, 0.05) is 18.3 Å². The van der Waals surface area contributed by atoms with E-state index in [9.17, 15) is 14.4 Å². The summed E-state index contributed by atoms with van der Waals surface area (Å²) in [6, 6.07) is 48.0. The number of carbonyl (C=O) groups excluding carboxylic acids is 3. The first kappa shape index (κ1) is 40.3. The highest BCUT2D eigenvalue weighted by Gasteiger charge is 2.31. The fraction of sp³-hybridized carbons (Fsp3) is 0.264. The maximum Gasteiger partial charge on any atom is 0.407 e. The molecule has 0 saturated heterocycles. The van der Waals surface area contributed by atoms with Crippen LogP contribution in [0.4, 0.5) is 4.79 Å². The van der Waals surface area contributed by atoms with Crippen molar-refractivity contribution in [3.8, 4) is 16.9 Å². The van der Waals surface area contributed by atoms with Crippen LogP contribution in [0.5, 0.6) is 5.75 Å². The number of benzene rings is 6. The number of hydrogen-bond acceptors (Lipinski definition) is 5. The van der Waals surface area contributed by atoms with Gasteiger partial charge in [-0.05, 0) is 94.0 Å². The lowest BCUT2D eigenvalue weighted by Gasteiger charge is -2.24. The van der Waals surface area contributed by atoms with E-state index in [4.69, 9.17) is 9.47 Å². The van der Waals surface area contributed by atoms with E-state index < -0.39 is 18.1 Å². The molecule has 304 valence electrons. The molecule has 0 radical (unpaired) electrons. The van der Waals surface area contributed by atoms with Crippen molar-refractivity contribution in [3.05, 3.63) is 196 Å². The van der Waals surface area contributed by atoms with E-state index >= 15 is 0 Å². The van der Waals surface area contributed by atoms with Gasteiger partial charge in [-0.2, -0.15) is 0 Å². The topological polar surface area (TPSA) is 93.7 Å². The first-order chi connectivity index (χ1) is 29.4. The number of ketones is 1. The van der Waals surface area contributed by atoms with Gasteiger partial charge in [-0.15, -0.1) is 0 Å². The van der Waals surface area contributed by atoms with Crippen LogP contribution in [0, 0.1) is 12.8 Å². The number of rotatable bonds is 15. The lowest BCUT2D eigenvalue weighted by atomic mass is 9.93. The zero-order chi connectivity index (χ0) is 41.4. The molecule has 2 aliphatic carbocycles. The molecule has 6 aromatic carbocycles. The predicted octanol–water partition coefficient (Wildman–Crippen LogP) is 10.8. The average Bonchev–Trinajstić information content (AvgIpc) is 3.52. The molecule has 6 aromatic rings. The largest absolute Gasteiger partial charge is 0.486 e. The van der Waals surface area contributed by atoms with Crippen LogP contribution >= 0.6 is 0 Å². The van der Waals surface area contributed by atoms with E-state index in [0.29, 0.717) is 12.2 Å². The van der Waals surface area contributed by atoms with E-state index in [1.807, 2.05) is 104 Å². The summed E-state index contributed by atoms with van der Waals surface area (Å²) in [6.07, 6.45) is 3.51. The van der Waals surface area contributed by atoms with Crippen LogP contribution in [-0.4, -0.2) is 31.0 Å². The van der Waals surface area contributed by atoms with Crippen molar-refractivity contribution in [3.63, 3.8) is 0 Å². The summed E-state index contributed by atoms with van der Waals surface area (Å²) >= 11 is 0. The molecular formula is C53H52N2O5. The number of alkyl carbamates (subject to hydrolysis) is 1. The van der Waals surface area contributed by atoms with Crippen LogP contribution in [0.2, 0.25) is 0 Å². The summed E-state index contributed by atoms with van der Waals surface area (Å²) in [4.78, 5) is 41.2. The van der Waals surface area contributed by atoms with Gasteiger partial charge < -0.3 is 20.1 Å². The molecule has 0 fully saturated rings. The van der Waals surface area contributed by atoms with Crippen LogP contribution in [-0.2, 0) is 27.2 Å². The Morgan fingerprint density at radius 3 is 2.02 bits per heavy atom. The van der Waals surface area contributed by atoms with E-state index in [1.54, 1.807) is 0 Å². The molecule has 0 spiro atoms. The monoisotopic (exact) mass is 796 g/mol. The standard InChI is InChI=1S/C53H52N2O5/c1-3-4-14-40(52(57)54-50(37-16-6-5-7-17-37)38-25-23-35(2)24-26-38)31-41(56)33-59-42-29-30-44-39(32-42)28-27-36-15-8-9-18-43(36)51(44)55-53(58)60-34-49-47-21-12-10-19-45(47)46-20-11-13-22-48(46)49/h5-13,15-26,29-30,32,40,49-51H,3-4,14,27-28,31,33-34H2,1-2H3,(H,54,57)(H,55,58). The third-order valence-corrected chi connectivity index (χ3v) is 12.0. The van der Waals surface area contributed by atoms with Crippen molar-refractivity contribution >= 4 is 17.8 Å². The SMILES string of the molecule is CCCCC(CC(=O)COc1ccc2c(c1)CCc1ccccc1C2NC(=O)OCC1c2ccccc2-c2ccccc21)C(=O)NC(c1ccccc1)c1ccc(C)cc1. The lowest BCUT2D eigenvalue weighted by Crippen LogP contribution is -2.36. The van der Waals surface area contributed by atoms with Gasteiger partial charge in [-0.3, -0.25) is 9.59 Å². The molecule has 2 aliphatic rings. The van der Waals surface area contributed by atoms with E-state index in [-0.39, 0.29) is 43.3 Å². The number of Topliss-reactive ketones (excluding diaryl/α,β-unsaturated/α-hetero) is 1. The Labute approximate surface area is 353 Å². The Kier molecular flexibility index (Phi) is 12.5. The van der Waals surface area contributed by atoms with Crippen molar-refractivity contribution in [2.24, 2.45) is 5.92 Å². The summed E-state index contributed by atoms with van der Waals surface area (Å²) in [6.45, 7) is 4.22. The number of hydrogen-bond donors (Lipinski definition) is 2. The van der Waals surface area contributed by atoms with Crippen LogP contribution in [0.1, 0.15) is 101 Å². The first-order valence-corrected chi connectivity index (χ1v) is 21.2. The molecule has 2 N–H and O–H groups in total. The second-order valence-electron chi connectivity index (χ2n) is 16.1. The highest BCUT2D eigenvalue weighted by Crippen LogP contribution is 2.44. The number of carbonyl (C=O) groups is 3. The first-order valence-electron chi connectivity index (χ1n) is 21.2. The maximum atomic E-state index is 13.9. The van der Waals surface area contributed by atoms with Gasteiger partial charge in [0.1, 0.15) is 19.0 Å². The third kappa shape index (κ3) is 9.06. The second-order valence-corrected chi connectivity index (χ2v) is 16.1. The Bertz CT molecular complexity index is 2420. The highest BCUT2D eigenvalue weighted by molar-refractivity contribution is 5.88. The zero-order valence-corrected chi connectivity index (χ0v) is 34.4. The van der Waals surface area contributed by atoms with Gasteiger partial charge in [0.2, 0.25) is 5.91 Å². The molecule has 3 atom stereocenters. The van der Waals surface area contributed by atoms with Crippen molar-refractivity contribution in [1.29, 1.82) is 0 Å². The van der Waals surface area contributed by atoms with Crippen LogP contribution in [0.15, 0.2) is 146 Å². The van der Waals surface area contributed by atoms with Gasteiger partial charge in [0.05, 0.1) is 12.1 Å². The molecule has 0 aromatic heterocycles. The Balaban J connectivity index is 0.935. The van der Waals surface area contributed by atoms with Crippen molar-refractivity contribution in [2.75, 3.05) is 13.2 Å². The molecule has 0 heterocycles. The van der Waals surface area contributed by atoms with Crippen LogP contribution in [0.3, 0.4) is 0 Å². The number of unbranched alkanes of at least 4 members (excludes halogenated alkanes) is 1. The summed E-state index contributed by atoms with van der Waals surface area (Å²) in [5.74, 6) is -0.208. The summed E-state index contributed by atoms with van der Waals surface area (Å²) in [5.41, 5.74) is 12.0. The quantitative estimate of drug-likeness (QED) is 0.108. The molecule has 7 nitrogen and oxygen atoms in total. The fourth-order valence-electron chi connectivity index (χ4n) is 8.86. The van der Waals surface area contributed by atoms with Crippen molar-refractivity contribution in [2.45, 2.75) is 70.4 Å². The molecule has 60 heavy (non-hydrogen) atoms. The molecule has 8 rings (SSSR count). The molecule has 0 bridgehead atoms. The number of nitrogens with one attached hydrogen (secondary N) is 2. The van der Waals surface area contributed by atoms with Gasteiger partial charge in [-0.25, -0.2) is 4.79 Å². The minimum atomic E-state index is -0.481. The van der Waals surface area contributed by atoms with E-state index in [2.05, 4.69) is 66.1 Å². The lowest BCUT2D eigenvalue weighted by molar-refractivity contribution is -0.130. The number of ether oxygens (including phenoxy) is 2. The minimum Gasteiger partial charge on any atom is -0.486 e. The molecule has 0 saturated carbocycles.